The lowest BCUT2D eigenvalue weighted by Gasteiger charge is -2.34. The topological polar surface area (TPSA) is 57.7 Å². The molecule has 0 radical (unpaired) electrons. The van der Waals surface area contributed by atoms with Gasteiger partial charge in [0.2, 0.25) is 5.91 Å². The molecule has 156 valence electrons. The number of benzene rings is 1. The fourth-order valence-corrected chi connectivity index (χ4v) is 3.24. The number of carbonyl (C=O) groups excluding carboxylic acids is 1. The molecule has 1 aliphatic rings. The third-order valence-electron chi connectivity index (χ3n) is 4.96. The molecule has 1 aliphatic heterocycles. The molecule has 3 rings (SSSR count). The molecule has 1 saturated heterocycles. The van der Waals surface area contributed by atoms with Gasteiger partial charge in [0.15, 0.2) is 0 Å². The van der Waals surface area contributed by atoms with E-state index in [1.165, 1.54) is 12.1 Å². The molecule has 0 saturated carbocycles. The summed E-state index contributed by atoms with van der Waals surface area (Å²) < 4.78 is 28.6. The molecule has 0 spiro atoms. The van der Waals surface area contributed by atoms with E-state index < -0.39 is 6.61 Å². The second-order valence-corrected chi connectivity index (χ2v) is 6.92. The van der Waals surface area contributed by atoms with Gasteiger partial charge in [-0.2, -0.15) is 8.78 Å². The lowest BCUT2D eigenvalue weighted by molar-refractivity contribution is -0.120. The summed E-state index contributed by atoms with van der Waals surface area (Å²) in [5.41, 5.74) is 1.65. The van der Waals surface area contributed by atoms with Gasteiger partial charge in [-0.1, -0.05) is 25.1 Å². The van der Waals surface area contributed by atoms with Crippen LogP contribution in [0.25, 0.3) is 0 Å². The van der Waals surface area contributed by atoms with Gasteiger partial charge in [0.25, 0.3) is 0 Å². The molecule has 0 unspecified atom stereocenters. The average molecular weight is 404 g/mol. The fourth-order valence-electron chi connectivity index (χ4n) is 3.24. The summed E-state index contributed by atoms with van der Waals surface area (Å²) in [6, 6.07) is 10.0. The first-order valence-electron chi connectivity index (χ1n) is 9.76. The van der Waals surface area contributed by atoms with Crippen LogP contribution in [0, 0.1) is 0 Å². The number of aromatic nitrogens is 1. The van der Waals surface area contributed by atoms with Crippen molar-refractivity contribution in [3.8, 4) is 5.75 Å². The predicted octanol–water partition coefficient (Wildman–Crippen LogP) is 2.68. The number of likely N-dealkylation sites (N-methyl/N-ethyl adjacent to an activating group) is 1. The Hall–Kier alpha value is -2.74. The average Bonchev–Trinajstić information content (AvgIpc) is 2.74. The highest BCUT2D eigenvalue weighted by atomic mass is 19.3. The molecule has 29 heavy (non-hydrogen) atoms. The Kier molecular flexibility index (Phi) is 7.35. The van der Waals surface area contributed by atoms with Crippen LogP contribution in [-0.4, -0.2) is 55.1 Å². The van der Waals surface area contributed by atoms with Crippen molar-refractivity contribution in [1.29, 1.82) is 0 Å². The minimum atomic E-state index is -2.86. The van der Waals surface area contributed by atoms with Gasteiger partial charge in [0.1, 0.15) is 11.6 Å². The molecule has 0 bridgehead atoms. The van der Waals surface area contributed by atoms with E-state index >= 15 is 0 Å². The number of hydrogen-bond donors (Lipinski definition) is 1. The lowest BCUT2D eigenvalue weighted by atomic mass is 10.1. The number of anilines is 1. The molecular weight excluding hydrogens is 378 g/mol. The van der Waals surface area contributed by atoms with Crippen LogP contribution in [0.15, 0.2) is 42.6 Å². The Morgan fingerprint density at radius 1 is 1.10 bits per heavy atom. The van der Waals surface area contributed by atoms with Crippen LogP contribution in [0.4, 0.5) is 14.6 Å². The van der Waals surface area contributed by atoms with Gasteiger partial charge in [-0.25, -0.2) is 4.98 Å². The Morgan fingerprint density at radius 3 is 2.38 bits per heavy atom. The number of rotatable bonds is 8. The third-order valence-corrected chi connectivity index (χ3v) is 4.96. The van der Waals surface area contributed by atoms with Gasteiger partial charge >= 0.3 is 6.61 Å². The molecule has 1 N–H and O–H groups in total. The maximum Gasteiger partial charge on any atom is 0.387 e. The maximum atomic E-state index is 12.2. The summed E-state index contributed by atoms with van der Waals surface area (Å²) in [6.45, 7) is 4.82. The van der Waals surface area contributed by atoms with Crippen molar-refractivity contribution >= 4 is 11.7 Å². The van der Waals surface area contributed by atoms with Gasteiger partial charge < -0.3 is 19.9 Å². The number of amides is 1. The zero-order chi connectivity index (χ0) is 20.6. The smallest absolute Gasteiger partial charge is 0.387 e. The van der Waals surface area contributed by atoms with Crippen molar-refractivity contribution in [2.24, 2.45) is 0 Å². The van der Waals surface area contributed by atoms with Crippen LogP contribution in [0.5, 0.6) is 5.75 Å². The standard InChI is InChI=1S/C21H26F2N4O2/c1-2-26-9-11-27(12-10-26)19-8-5-17(14-24-19)15-25-20(28)13-16-3-6-18(7-4-16)29-21(22)23/h3-8,14,21H,2,9-13,15H2,1H3,(H,25,28). The Bertz CT molecular complexity index is 776. The summed E-state index contributed by atoms with van der Waals surface area (Å²) in [4.78, 5) is 21.3. The van der Waals surface area contributed by atoms with Crippen LogP contribution < -0.4 is 15.0 Å². The molecule has 8 heteroatoms. The summed E-state index contributed by atoms with van der Waals surface area (Å²) in [5, 5.41) is 2.86. The number of carbonyl (C=O) groups is 1. The number of alkyl halides is 2. The van der Waals surface area contributed by atoms with Gasteiger partial charge in [0, 0.05) is 38.9 Å². The Morgan fingerprint density at radius 2 is 1.79 bits per heavy atom. The highest BCUT2D eigenvalue weighted by molar-refractivity contribution is 5.78. The van der Waals surface area contributed by atoms with Crippen molar-refractivity contribution < 1.29 is 18.3 Å². The van der Waals surface area contributed by atoms with Crippen molar-refractivity contribution in [2.45, 2.75) is 26.5 Å². The molecule has 0 aliphatic carbocycles. The summed E-state index contributed by atoms with van der Waals surface area (Å²) in [6.07, 6.45) is 1.96. The predicted molar refractivity (Wildman–Crippen MR) is 107 cm³/mol. The third kappa shape index (κ3) is 6.39. The summed E-state index contributed by atoms with van der Waals surface area (Å²) >= 11 is 0. The summed E-state index contributed by atoms with van der Waals surface area (Å²) in [7, 11) is 0. The van der Waals surface area contributed by atoms with E-state index in [1.807, 2.05) is 12.1 Å². The van der Waals surface area contributed by atoms with Gasteiger partial charge in [0.05, 0.1) is 6.42 Å². The number of nitrogens with one attached hydrogen (secondary N) is 1. The molecule has 6 nitrogen and oxygen atoms in total. The molecule has 1 aromatic carbocycles. The zero-order valence-electron chi connectivity index (χ0n) is 16.5. The number of nitrogens with zero attached hydrogens (tertiary/aromatic N) is 3. The van der Waals surface area contributed by atoms with E-state index in [0.717, 1.165) is 49.7 Å². The van der Waals surface area contributed by atoms with Crippen LogP contribution in [-0.2, 0) is 17.8 Å². The van der Waals surface area contributed by atoms with E-state index in [4.69, 9.17) is 0 Å². The molecule has 0 atom stereocenters. The first-order chi connectivity index (χ1) is 14.0. The highest BCUT2D eigenvalue weighted by Crippen LogP contribution is 2.16. The van der Waals surface area contributed by atoms with E-state index in [9.17, 15) is 13.6 Å². The lowest BCUT2D eigenvalue weighted by Crippen LogP contribution is -2.46. The van der Waals surface area contributed by atoms with E-state index in [0.29, 0.717) is 6.54 Å². The number of ether oxygens (including phenoxy) is 1. The van der Waals surface area contributed by atoms with Crippen LogP contribution in [0.1, 0.15) is 18.1 Å². The van der Waals surface area contributed by atoms with Crippen molar-refractivity contribution in [1.82, 2.24) is 15.2 Å². The SMILES string of the molecule is CCN1CCN(c2ccc(CNC(=O)Cc3ccc(OC(F)F)cc3)cn2)CC1. The van der Waals surface area contributed by atoms with Gasteiger partial charge in [-0.3, -0.25) is 4.79 Å². The maximum absolute atomic E-state index is 12.2. The van der Waals surface area contributed by atoms with Crippen molar-refractivity contribution in [3.63, 3.8) is 0 Å². The quantitative estimate of drug-likeness (QED) is 0.733. The Balaban J connectivity index is 1.44. The minimum absolute atomic E-state index is 0.0754. The van der Waals surface area contributed by atoms with E-state index in [-0.39, 0.29) is 18.1 Å². The molecule has 2 heterocycles. The summed E-state index contributed by atoms with van der Waals surface area (Å²) in [5.74, 6) is 0.889. The van der Waals surface area contributed by atoms with Crippen LogP contribution >= 0.6 is 0 Å². The first-order valence-corrected chi connectivity index (χ1v) is 9.76. The minimum Gasteiger partial charge on any atom is -0.435 e. The fraction of sp³-hybridized carbons (Fsp3) is 0.429. The first kappa shape index (κ1) is 21.0. The van der Waals surface area contributed by atoms with E-state index in [1.54, 1.807) is 18.3 Å². The molecule has 1 aromatic heterocycles. The van der Waals surface area contributed by atoms with Crippen LogP contribution in [0.3, 0.4) is 0 Å². The van der Waals surface area contributed by atoms with Crippen molar-refractivity contribution in [3.05, 3.63) is 53.7 Å². The molecule has 1 amide bonds. The number of hydrogen-bond acceptors (Lipinski definition) is 5. The largest absolute Gasteiger partial charge is 0.435 e. The zero-order valence-corrected chi connectivity index (χ0v) is 16.5. The normalized spacial score (nSPS) is 14.8. The monoisotopic (exact) mass is 404 g/mol. The van der Waals surface area contributed by atoms with Gasteiger partial charge in [-0.05, 0) is 35.9 Å². The van der Waals surface area contributed by atoms with Crippen LogP contribution in [0.2, 0.25) is 0 Å². The molecular formula is C21H26F2N4O2. The van der Waals surface area contributed by atoms with Gasteiger partial charge in [-0.15, -0.1) is 0 Å². The second-order valence-electron chi connectivity index (χ2n) is 6.92. The molecule has 1 fully saturated rings. The van der Waals surface area contributed by atoms with E-state index in [2.05, 4.69) is 31.8 Å². The number of halogens is 2. The molecule has 2 aromatic rings. The number of piperazine rings is 1. The highest BCUT2D eigenvalue weighted by Gasteiger charge is 2.16. The Labute approximate surface area is 169 Å². The number of pyridine rings is 1. The second kappa shape index (κ2) is 10.2. The van der Waals surface area contributed by atoms with Crippen molar-refractivity contribution in [2.75, 3.05) is 37.6 Å².